The molecule has 0 saturated carbocycles. The number of carbonyl (C=O) groups excluding carboxylic acids is 3. The number of amides is 3. The first-order valence-corrected chi connectivity index (χ1v) is 11.6. The van der Waals surface area contributed by atoms with Crippen LogP contribution < -0.4 is 10.6 Å². The minimum atomic E-state index is -4.41. The zero-order chi connectivity index (χ0) is 24.2. The molecule has 11 heteroatoms. The van der Waals surface area contributed by atoms with Gasteiger partial charge in [-0.05, 0) is 37.1 Å². The largest absolute Gasteiger partial charge is 0.454 e. The minimum absolute atomic E-state index is 0.0157. The molecule has 2 aromatic rings. The fourth-order valence-corrected chi connectivity index (χ4v) is 5.05. The van der Waals surface area contributed by atoms with Gasteiger partial charge in [-0.3, -0.25) is 14.9 Å². The van der Waals surface area contributed by atoms with E-state index in [-0.39, 0.29) is 19.0 Å². The fourth-order valence-electron chi connectivity index (χ4n) is 3.43. The van der Waals surface area contributed by atoms with E-state index in [2.05, 4.69) is 5.32 Å². The Hall–Kier alpha value is -3.31. The van der Waals surface area contributed by atoms with Crippen LogP contribution in [0.1, 0.15) is 25.0 Å². The van der Waals surface area contributed by atoms with E-state index in [0.29, 0.717) is 5.56 Å². The number of fused-ring (bicyclic) bond motifs is 1. The molecule has 3 amide bonds. The molecule has 9 nitrogen and oxygen atoms in total. The van der Waals surface area contributed by atoms with Gasteiger partial charge >= 0.3 is 12.0 Å². The average molecular weight is 478 g/mol. The van der Waals surface area contributed by atoms with Crippen LogP contribution in [0.5, 0.6) is 0 Å². The molecule has 0 unspecified atom stereocenters. The Morgan fingerprint density at radius 2 is 1.73 bits per heavy atom. The lowest BCUT2D eigenvalue weighted by molar-refractivity contribution is -0.152. The van der Waals surface area contributed by atoms with Gasteiger partial charge in [-0.25, -0.2) is 17.6 Å². The second-order valence-electron chi connectivity index (χ2n) is 7.75. The first-order valence-electron chi connectivity index (χ1n) is 10.2. The lowest BCUT2D eigenvalue weighted by Crippen LogP contribution is -2.50. The van der Waals surface area contributed by atoms with Crippen molar-refractivity contribution in [3.05, 3.63) is 65.5 Å². The highest BCUT2D eigenvalue weighted by Gasteiger charge is 2.41. The third kappa shape index (κ3) is 5.74. The number of nitrogens with zero attached hydrogens (tertiary/aromatic N) is 1. The van der Waals surface area contributed by atoms with E-state index in [1.54, 1.807) is 38.1 Å². The number of imide groups is 1. The van der Waals surface area contributed by atoms with Crippen LogP contribution in [0, 0.1) is 5.82 Å². The van der Waals surface area contributed by atoms with E-state index >= 15 is 0 Å². The Labute approximate surface area is 191 Å². The summed E-state index contributed by atoms with van der Waals surface area (Å²) in [5.41, 5.74) is 1.41. The molecular formula is C22H24FN3O6S. The molecule has 0 radical (unpaired) electrons. The molecule has 0 aliphatic carbocycles. The first-order chi connectivity index (χ1) is 15.6. The quantitative estimate of drug-likeness (QED) is 0.611. The van der Waals surface area contributed by atoms with Crippen LogP contribution in [-0.2, 0) is 37.3 Å². The Bertz CT molecular complexity index is 1170. The third-order valence-electron chi connectivity index (χ3n) is 4.92. The number of nitrogens with one attached hydrogen (secondary N) is 2. The molecule has 0 aromatic heterocycles. The minimum Gasteiger partial charge on any atom is -0.454 e. The molecule has 176 valence electrons. The number of carbonyl (C=O) groups is 3. The van der Waals surface area contributed by atoms with Crippen molar-refractivity contribution in [2.75, 3.05) is 6.61 Å². The maximum absolute atomic E-state index is 14.3. The zero-order valence-electron chi connectivity index (χ0n) is 18.1. The third-order valence-corrected chi connectivity index (χ3v) is 6.81. The number of sulfonamides is 1. The second-order valence-corrected chi connectivity index (χ2v) is 9.61. The summed E-state index contributed by atoms with van der Waals surface area (Å²) in [7, 11) is -4.41. The molecule has 2 N–H and O–H groups in total. The summed E-state index contributed by atoms with van der Waals surface area (Å²) < 4.78 is 46.7. The molecule has 0 spiro atoms. The highest BCUT2D eigenvalue weighted by molar-refractivity contribution is 7.89. The second kappa shape index (κ2) is 10.1. The predicted molar refractivity (Wildman–Crippen MR) is 116 cm³/mol. The molecule has 0 fully saturated rings. The van der Waals surface area contributed by atoms with E-state index in [9.17, 15) is 27.2 Å². The van der Waals surface area contributed by atoms with Gasteiger partial charge < -0.3 is 10.1 Å². The number of urea groups is 1. The molecule has 33 heavy (non-hydrogen) atoms. The van der Waals surface area contributed by atoms with Gasteiger partial charge in [-0.1, -0.05) is 36.4 Å². The molecule has 1 atom stereocenters. The number of ether oxygens (including phenoxy) is 1. The first kappa shape index (κ1) is 24.3. The summed E-state index contributed by atoms with van der Waals surface area (Å²) in [6, 6.07) is 9.57. The summed E-state index contributed by atoms with van der Waals surface area (Å²) in [5, 5.41) is 4.46. The number of hydrogen-bond acceptors (Lipinski definition) is 6. The molecule has 1 aliphatic heterocycles. The van der Waals surface area contributed by atoms with Gasteiger partial charge in [0.2, 0.25) is 10.0 Å². The van der Waals surface area contributed by atoms with Crippen LogP contribution in [0.25, 0.3) is 0 Å². The van der Waals surface area contributed by atoms with Crippen molar-refractivity contribution >= 4 is 27.9 Å². The molecule has 1 aliphatic rings. The molecule has 1 heterocycles. The van der Waals surface area contributed by atoms with Gasteiger partial charge in [-0.15, -0.1) is 0 Å². The van der Waals surface area contributed by atoms with E-state index in [0.717, 1.165) is 22.0 Å². The lowest BCUT2D eigenvalue weighted by atomic mass is 9.96. The van der Waals surface area contributed by atoms with Crippen LogP contribution >= 0.6 is 0 Å². The van der Waals surface area contributed by atoms with Gasteiger partial charge in [0.15, 0.2) is 6.61 Å². The van der Waals surface area contributed by atoms with Crippen molar-refractivity contribution in [3.8, 4) is 0 Å². The van der Waals surface area contributed by atoms with Crippen LogP contribution in [-0.4, -0.2) is 49.3 Å². The average Bonchev–Trinajstić information content (AvgIpc) is 2.76. The maximum Gasteiger partial charge on any atom is 0.325 e. The smallest absolute Gasteiger partial charge is 0.325 e. The lowest BCUT2D eigenvalue weighted by Gasteiger charge is -2.34. The normalized spacial score (nSPS) is 16.1. The van der Waals surface area contributed by atoms with Crippen molar-refractivity contribution in [1.29, 1.82) is 0 Å². The summed E-state index contributed by atoms with van der Waals surface area (Å²) in [4.78, 5) is 35.8. The van der Waals surface area contributed by atoms with Crippen LogP contribution in [0.15, 0.2) is 53.4 Å². The molecular weight excluding hydrogens is 453 g/mol. The van der Waals surface area contributed by atoms with E-state index in [1.165, 1.54) is 12.1 Å². The van der Waals surface area contributed by atoms with E-state index in [1.807, 2.05) is 5.32 Å². The Morgan fingerprint density at radius 1 is 1.09 bits per heavy atom. The zero-order valence-corrected chi connectivity index (χ0v) is 18.9. The SMILES string of the molecule is CC(C)NC(=O)NC(=O)COC(=O)[C@@H]1Cc2ccccc2CN1S(=O)(=O)c1ccccc1F. The molecule has 0 saturated heterocycles. The summed E-state index contributed by atoms with van der Waals surface area (Å²) in [6.07, 6.45) is -0.0157. The number of esters is 1. The molecule has 3 rings (SSSR count). The maximum atomic E-state index is 14.3. The number of benzene rings is 2. The number of rotatable bonds is 6. The fraction of sp³-hybridized carbons (Fsp3) is 0.318. The van der Waals surface area contributed by atoms with Crippen LogP contribution in [0.2, 0.25) is 0 Å². The van der Waals surface area contributed by atoms with Crippen molar-refractivity contribution in [2.45, 2.75) is 43.8 Å². The molecule has 2 aromatic carbocycles. The Kier molecular flexibility index (Phi) is 7.44. The topological polar surface area (TPSA) is 122 Å². The van der Waals surface area contributed by atoms with Crippen molar-refractivity contribution < 1.29 is 31.9 Å². The number of halogens is 1. The van der Waals surface area contributed by atoms with E-state index < -0.39 is 51.3 Å². The number of hydrogen-bond donors (Lipinski definition) is 2. The van der Waals surface area contributed by atoms with Gasteiger partial charge in [0, 0.05) is 19.0 Å². The van der Waals surface area contributed by atoms with Gasteiger partial charge in [0.1, 0.15) is 16.8 Å². The predicted octanol–water partition coefficient (Wildman–Crippen LogP) is 1.72. The van der Waals surface area contributed by atoms with Gasteiger partial charge in [0.25, 0.3) is 5.91 Å². The highest BCUT2D eigenvalue weighted by Crippen LogP contribution is 2.30. The van der Waals surface area contributed by atoms with Crippen molar-refractivity contribution in [3.63, 3.8) is 0 Å². The van der Waals surface area contributed by atoms with E-state index in [4.69, 9.17) is 4.74 Å². The van der Waals surface area contributed by atoms with Crippen LogP contribution in [0.4, 0.5) is 9.18 Å². The van der Waals surface area contributed by atoms with Crippen molar-refractivity contribution in [1.82, 2.24) is 14.9 Å². The van der Waals surface area contributed by atoms with Gasteiger partial charge in [-0.2, -0.15) is 4.31 Å². The Balaban J connectivity index is 1.82. The van der Waals surface area contributed by atoms with Crippen molar-refractivity contribution in [2.24, 2.45) is 0 Å². The highest BCUT2D eigenvalue weighted by atomic mass is 32.2. The standard InChI is InChI=1S/C22H24FN3O6S/c1-14(2)24-22(29)25-20(27)13-32-21(28)18-11-15-7-3-4-8-16(15)12-26(18)33(30,31)19-10-6-5-9-17(19)23/h3-10,14,18H,11-13H2,1-2H3,(H2,24,25,27,29)/t18-/m0/s1. The summed E-state index contributed by atoms with van der Waals surface area (Å²) >= 11 is 0. The molecule has 0 bridgehead atoms. The Morgan fingerprint density at radius 3 is 2.39 bits per heavy atom. The van der Waals surface area contributed by atoms with Gasteiger partial charge in [0.05, 0.1) is 0 Å². The summed E-state index contributed by atoms with van der Waals surface area (Å²) in [5.74, 6) is -2.80. The monoisotopic (exact) mass is 477 g/mol. The summed E-state index contributed by atoms with van der Waals surface area (Å²) in [6.45, 7) is 2.46. The van der Waals surface area contributed by atoms with Crippen LogP contribution in [0.3, 0.4) is 0 Å².